The van der Waals surface area contributed by atoms with Crippen molar-refractivity contribution in [1.82, 2.24) is 0 Å². The van der Waals surface area contributed by atoms with Crippen LogP contribution in [0.15, 0.2) is 84.9 Å². The first kappa shape index (κ1) is 21.2. The standard InChI is InChI=1S/C12H11.C5H5.BF4.Fe/c1-2-6-11(7-3-1)10-12-8-4-5-9-12;1-2-4-5-3-1;2-1(3,4)5;/h1-9H,10H2;1-5H;;/q-1;-5;-1;. The maximum atomic E-state index is 9.75. The van der Waals surface area contributed by atoms with E-state index in [1.807, 2.05) is 30.3 Å². The Morgan fingerprint density at radius 1 is 0.739 bits per heavy atom. The molecule has 0 aliphatic rings. The van der Waals surface area contributed by atoms with Crippen molar-refractivity contribution >= 4 is 7.25 Å². The van der Waals surface area contributed by atoms with Crippen molar-refractivity contribution in [3.05, 3.63) is 96.1 Å². The molecular formula is C17H16BF4Fe-7. The van der Waals surface area contributed by atoms with E-state index in [-0.39, 0.29) is 17.1 Å². The van der Waals surface area contributed by atoms with Crippen LogP contribution in [-0.4, -0.2) is 7.25 Å². The Kier molecular flexibility index (Phi) is 10.8. The Bertz CT molecular complexity index is 552. The van der Waals surface area contributed by atoms with Gasteiger partial charge in [-0.15, -0.1) is 0 Å². The molecule has 0 aliphatic carbocycles. The maximum absolute atomic E-state index is 9.75. The van der Waals surface area contributed by atoms with Crippen molar-refractivity contribution in [2.75, 3.05) is 0 Å². The van der Waals surface area contributed by atoms with Gasteiger partial charge >= 0.3 is 7.25 Å². The van der Waals surface area contributed by atoms with Gasteiger partial charge in [0.05, 0.1) is 0 Å². The van der Waals surface area contributed by atoms with E-state index >= 15 is 0 Å². The zero-order valence-electron chi connectivity index (χ0n) is 12.2. The van der Waals surface area contributed by atoms with Crippen molar-refractivity contribution in [1.29, 1.82) is 0 Å². The summed E-state index contributed by atoms with van der Waals surface area (Å²) in [6.45, 7) is 0. The topological polar surface area (TPSA) is 0 Å². The van der Waals surface area contributed by atoms with Gasteiger partial charge in [0.1, 0.15) is 0 Å². The van der Waals surface area contributed by atoms with Gasteiger partial charge in [-0.05, 0) is 6.42 Å². The summed E-state index contributed by atoms with van der Waals surface area (Å²) in [6, 6.07) is 29.0. The monoisotopic (exact) mass is 363 g/mol. The van der Waals surface area contributed by atoms with E-state index in [1.54, 1.807) is 0 Å². The minimum atomic E-state index is -6.00. The molecule has 3 aromatic carbocycles. The number of hydrogen-bond donors (Lipinski definition) is 0. The summed E-state index contributed by atoms with van der Waals surface area (Å²) in [6.07, 6.45) is 1.05. The molecular weight excluding hydrogens is 347 g/mol. The van der Waals surface area contributed by atoms with Crippen LogP contribution in [0.3, 0.4) is 0 Å². The van der Waals surface area contributed by atoms with Gasteiger partial charge in [0.2, 0.25) is 0 Å². The third-order valence-electron chi connectivity index (χ3n) is 2.54. The van der Waals surface area contributed by atoms with Crippen LogP contribution in [0.25, 0.3) is 0 Å². The van der Waals surface area contributed by atoms with Gasteiger partial charge in [0.15, 0.2) is 0 Å². The molecule has 0 unspecified atom stereocenters. The fraction of sp³-hybridized carbons (Fsp3) is 0.0588. The molecule has 0 heterocycles. The zero-order valence-corrected chi connectivity index (χ0v) is 13.3. The Morgan fingerprint density at radius 3 is 1.52 bits per heavy atom. The van der Waals surface area contributed by atoms with E-state index < -0.39 is 7.25 Å². The largest absolute Gasteiger partial charge is 0.748 e. The third kappa shape index (κ3) is 13.6. The van der Waals surface area contributed by atoms with Crippen LogP contribution in [0, 0.1) is 0 Å². The van der Waals surface area contributed by atoms with Crippen molar-refractivity contribution in [3.63, 3.8) is 0 Å². The first-order valence-electron chi connectivity index (χ1n) is 6.73. The molecule has 23 heavy (non-hydrogen) atoms. The molecule has 0 aliphatic heterocycles. The normalized spacial score (nSPS) is 9.57. The Hall–Kier alpha value is -1.78. The van der Waals surface area contributed by atoms with Gasteiger partial charge in [-0.25, -0.2) is 12.1 Å². The summed E-state index contributed by atoms with van der Waals surface area (Å²) in [5.41, 5.74) is 2.77. The van der Waals surface area contributed by atoms with Gasteiger partial charge in [0.25, 0.3) is 0 Å². The second-order valence-corrected chi connectivity index (χ2v) is 4.41. The first-order chi connectivity index (χ1) is 10.4. The van der Waals surface area contributed by atoms with Crippen LogP contribution >= 0.6 is 0 Å². The summed E-state index contributed by atoms with van der Waals surface area (Å²) >= 11 is 0. The fourth-order valence-corrected chi connectivity index (χ4v) is 1.68. The Morgan fingerprint density at radius 2 is 1.13 bits per heavy atom. The molecule has 0 fully saturated rings. The quantitative estimate of drug-likeness (QED) is 0.311. The number of halogens is 4. The predicted octanol–water partition coefficient (Wildman–Crippen LogP) is 5.70. The summed E-state index contributed by atoms with van der Waals surface area (Å²) in [7, 11) is -6.00. The number of hydrogen-bond acceptors (Lipinski definition) is 0. The molecule has 3 rings (SSSR count). The van der Waals surface area contributed by atoms with E-state index in [0.29, 0.717) is 0 Å². The van der Waals surface area contributed by atoms with Crippen LogP contribution < -0.4 is 0 Å². The summed E-state index contributed by atoms with van der Waals surface area (Å²) in [5.74, 6) is 0. The summed E-state index contributed by atoms with van der Waals surface area (Å²) in [5, 5.41) is 0. The maximum Gasteiger partial charge on any atom is 0.673 e. The van der Waals surface area contributed by atoms with Gasteiger partial charge in [-0.3, -0.25) is 0 Å². The molecule has 0 radical (unpaired) electrons. The third-order valence-corrected chi connectivity index (χ3v) is 2.54. The minimum absolute atomic E-state index is 0. The molecule has 0 amide bonds. The molecule has 3 aromatic rings. The molecule has 0 aromatic heterocycles. The summed E-state index contributed by atoms with van der Waals surface area (Å²) in [4.78, 5) is 0. The molecule has 0 atom stereocenters. The van der Waals surface area contributed by atoms with Crippen molar-refractivity contribution in [2.45, 2.75) is 6.42 Å². The van der Waals surface area contributed by atoms with E-state index in [4.69, 9.17) is 0 Å². The SMILES string of the molecule is F[B-](F)(F)F.[Fe].[cH-]1[cH-][cH-][cH-][cH-]1.c1ccc(C[c-]2cccc2)cc1. The first-order valence-corrected chi connectivity index (χ1v) is 6.73. The average Bonchev–Trinajstić information content (AvgIpc) is 3.14. The second-order valence-electron chi connectivity index (χ2n) is 4.41. The van der Waals surface area contributed by atoms with Crippen LogP contribution in [0.4, 0.5) is 17.3 Å². The smallest absolute Gasteiger partial charge is 0.673 e. The Balaban J connectivity index is 0.000000370. The fourth-order valence-electron chi connectivity index (χ4n) is 1.68. The van der Waals surface area contributed by atoms with Crippen LogP contribution in [-0.2, 0) is 23.5 Å². The minimum Gasteiger partial charge on any atom is -0.748 e. The van der Waals surface area contributed by atoms with Crippen molar-refractivity contribution < 1.29 is 34.3 Å². The van der Waals surface area contributed by atoms with Crippen LogP contribution in [0.5, 0.6) is 0 Å². The Labute approximate surface area is 144 Å². The number of benzene rings is 1. The van der Waals surface area contributed by atoms with Gasteiger partial charge in [-0.1, -0.05) is 35.9 Å². The second kappa shape index (κ2) is 11.7. The molecule has 130 valence electrons. The summed E-state index contributed by atoms with van der Waals surface area (Å²) < 4.78 is 39.0. The van der Waals surface area contributed by atoms with Gasteiger partial charge in [-0.2, -0.15) is 17.7 Å². The van der Waals surface area contributed by atoms with E-state index in [0.717, 1.165) is 6.42 Å². The number of rotatable bonds is 2. The van der Waals surface area contributed by atoms with Gasteiger partial charge < -0.3 is 47.6 Å². The van der Waals surface area contributed by atoms with Crippen molar-refractivity contribution in [2.24, 2.45) is 0 Å². The molecule has 0 N–H and O–H groups in total. The van der Waals surface area contributed by atoms with Crippen LogP contribution in [0.1, 0.15) is 11.1 Å². The van der Waals surface area contributed by atoms with Crippen molar-refractivity contribution in [3.8, 4) is 0 Å². The van der Waals surface area contributed by atoms with Gasteiger partial charge in [0, 0.05) is 17.1 Å². The molecule has 0 saturated heterocycles. The molecule has 0 nitrogen and oxygen atoms in total. The predicted molar refractivity (Wildman–Crippen MR) is 83.5 cm³/mol. The molecule has 0 saturated carbocycles. The van der Waals surface area contributed by atoms with E-state index in [9.17, 15) is 17.3 Å². The van der Waals surface area contributed by atoms with Crippen LogP contribution in [0.2, 0.25) is 0 Å². The van der Waals surface area contributed by atoms with E-state index in [2.05, 4.69) is 54.6 Å². The molecule has 6 heteroatoms. The average molecular weight is 363 g/mol. The molecule has 0 bridgehead atoms. The molecule has 0 spiro atoms. The van der Waals surface area contributed by atoms with E-state index in [1.165, 1.54) is 11.1 Å². The zero-order chi connectivity index (χ0) is 16.3.